The highest BCUT2D eigenvalue weighted by Gasteiger charge is 2.06. The van der Waals surface area contributed by atoms with Gasteiger partial charge in [-0.15, -0.1) is 0 Å². The van der Waals surface area contributed by atoms with Gasteiger partial charge in [-0.25, -0.2) is 0 Å². The Morgan fingerprint density at radius 3 is 2.79 bits per heavy atom. The van der Waals surface area contributed by atoms with Gasteiger partial charge < -0.3 is 10.5 Å². The molecule has 0 bridgehead atoms. The van der Waals surface area contributed by atoms with Crippen molar-refractivity contribution in [1.29, 1.82) is 0 Å². The van der Waals surface area contributed by atoms with Gasteiger partial charge in [-0.1, -0.05) is 22.0 Å². The van der Waals surface area contributed by atoms with Crippen molar-refractivity contribution in [1.82, 2.24) is 4.98 Å². The third-order valence-corrected chi connectivity index (χ3v) is 3.29. The lowest BCUT2D eigenvalue weighted by Gasteiger charge is -2.10. The molecule has 3 aromatic rings. The Morgan fingerprint density at radius 1 is 1.00 bits per heavy atom. The number of pyridine rings is 1. The van der Waals surface area contributed by atoms with E-state index in [1.807, 2.05) is 48.5 Å². The van der Waals surface area contributed by atoms with E-state index in [0.717, 1.165) is 21.1 Å². The molecule has 0 atom stereocenters. The maximum Gasteiger partial charge on any atom is 0.151 e. The molecule has 0 aliphatic rings. The molecule has 1 aromatic heterocycles. The zero-order valence-corrected chi connectivity index (χ0v) is 11.6. The van der Waals surface area contributed by atoms with Crippen LogP contribution in [0, 0.1) is 0 Å². The van der Waals surface area contributed by atoms with E-state index in [9.17, 15) is 0 Å². The van der Waals surface area contributed by atoms with Crippen LogP contribution >= 0.6 is 15.9 Å². The van der Waals surface area contributed by atoms with Crippen LogP contribution in [-0.2, 0) is 0 Å². The number of fused-ring (bicyclic) bond motifs is 1. The summed E-state index contributed by atoms with van der Waals surface area (Å²) in [4.78, 5) is 4.30. The smallest absolute Gasteiger partial charge is 0.151 e. The number of hydrogen-bond acceptors (Lipinski definition) is 3. The Labute approximate surface area is 119 Å². The van der Waals surface area contributed by atoms with Gasteiger partial charge in [-0.2, -0.15) is 0 Å². The summed E-state index contributed by atoms with van der Waals surface area (Å²) >= 11 is 3.41. The molecule has 19 heavy (non-hydrogen) atoms. The summed E-state index contributed by atoms with van der Waals surface area (Å²) in [5.74, 6) is 1.38. The molecule has 0 aliphatic carbocycles. The van der Waals surface area contributed by atoms with Gasteiger partial charge in [0.1, 0.15) is 5.75 Å². The van der Waals surface area contributed by atoms with Crippen molar-refractivity contribution in [3.63, 3.8) is 0 Å². The maximum absolute atomic E-state index is 5.92. The fraction of sp³-hybridized carbons (Fsp3) is 0. The molecule has 0 unspecified atom stereocenters. The summed E-state index contributed by atoms with van der Waals surface area (Å²) in [5, 5.41) is 0.962. The average Bonchev–Trinajstić information content (AvgIpc) is 2.43. The molecule has 0 spiro atoms. The van der Waals surface area contributed by atoms with Crippen LogP contribution < -0.4 is 10.5 Å². The second kappa shape index (κ2) is 4.90. The summed E-state index contributed by atoms with van der Waals surface area (Å²) in [6.07, 6.45) is 1.76. The molecule has 2 aromatic carbocycles. The molecule has 2 N–H and O–H groups in total. The quantitative estimate of drug-likeness (QED) is 0.714. The highest BCUT2D eigenvalue weighted by atomic mass is 79.9. The number of benzene rings is 2. The lowest BCUT2D eigenvalue weighted by Crippen LogP contribution is -1.92. The molecular formula is C15H11BrN2O. The third-order valence-electron chi connectivity index (χ3n) is 2.80. The zero-order valence-electron chi connectivity index (χ0n) is 10.0. The largest absolute Gasteiger partial charge is 0.454 e. The summed E-state index contributed by atoms with van der Waals surface area (Å²) in [6, 6.07) is 15.2. The fourth-order valence-corrected chi connectivity index (χ4v) is 2.22. The number of hydrogen-bond donors (Lipinski definition) is 1. The van der Waals surface area contributed by atoms with Crippen molar-refractivity contribution >= 4 is 32.5 Å². The predicted octanol–water partition coefficient (Wildman–Crippen LogP) is 4.37. The number of rotatable bonds is 2. The van der Waals surface area contributed by atoms with E-state index in [4.69, 9.17) is 10.5 Å². The van der Waals surface area contributed by atoms with Crippen LogP contribution in [0.1, 0.15) is 0 Å². The summed E-state index contributed by atoms with van der Waals surface area (Å²) in [6.45, 7) is 0. The van der Waals surface area contributed by atoms with E-state index in [-0.39, 0.29) is 0 Å². The van der Waals surface area contributed by atoms with Crippen molar-refractivity contribution in [3.8, 4) is 11.5 Å². The van der Waals surface area contributed by atoms with Gasteiger partial charge in [0.25, 0.3) is 0 Å². The summed E-state index contributed by atoms with van der Waals surface area (Å²) in [5.41, 5.74) is 7.42. The Hall–Kier alpha value is -2.07. The molecule has 0 saturated heterocycles. The van der Waals surface area contributed by atoms with Crippen molar-refractivity contribution in [2.45, 2.75) is 0 Å². The van der Waals surface area contributed by atoms with E-state index in [1.165, 1.54) is 0 Å². The molecule has 3 nitrogen and oxygen atoms in total. The van der Waals surface area contributed by atoms with Crippen LogP contribution in [0.15, 0.2) is 59.2 Å². The molecule has 4 heteroatoms. The van der Waals surface area contributed by atoms with Gasteiger partial charge in [0.15, 0.2) is 5.75 Å². The Bertz CT molecular complexity index is 738. The number of ether oxygens (including phenoxy) is 1. The van der Waals surface area contributed by atoms with Gasteiger partial charge in [-0.05, 0) is 42.5 Å². The van der Waals surface area contributed by atoms with E-state index in [0.29, 0.717) is 11.4 Å². The van der Waals surface area contributed by atoms with Crippen molar-refractivity contribution in [2.24, 2.45) is 0 Å². The minimum atomic E-state index is 0.601. The van der Waals surface area contributed by atoms with Crippen molar-refractivity contribution in [3.05, 3.63) is 59.2 Å². The molecule has 0 aliphatic heterocycles. The molecule has 0 saturated carbocycles. The van der Waals surface area contributed by atoms with Crippen LogP contribution in [0.3, 0.4) is 0 Å². The molecule has 1 heterocycles. The Balaban J connectivity index is 2.08. The molecule has 94 valence electrons. The first kappa shape index (κ1) is 12.0. The standard InChI is InChI=1S/C15H11BrN2O/c16-10-6-7-12(17)15(9-10)19-14-5-1-4-13-11(14)3-2-8-18-13/h1-9H,17H2. The lowest BCUT2D eigenvalue weighted by molar-refractivity contribution is 0.490. The van der Waals surface area contributed by atoms with Crippen LogP contribution in [-0.4, -0.2) is 4.98 Å². The van der Waals surface area contributed by atoms with E-state index in [2.05, 4.69) is 20.9 Å². The van der Waals surface area contributed by atoms with Gasteiger partial charge in [-0.3, -0.25) is 4.98 Å². The fourth-order valence-electron chi connectivity index (χ4n) is 1.88. The number of nitrogen functional groups attached to an aromatic ring is 1. The van der Waals surface area contributed by atoms with Gasteiger partial charge >= 0.3 is 0 Å². The van der Waals surface area contributed by atoms with Crippen LogP contribution in [0.2, 0.25) is 0 Å². The van der Waals surface area contributed by atoms with Crippen LogP contribution in [0.5, 0.6) is 11.5 Å². The number of nitrogens with zero attached hydrogens (tertiary/aromatic N) is 1. The molecule has 0 fully saturated rings. The topological polar surface area (TPSA) is 48.1 Å². The number of nitrogens with two attached hydrogens (primary N) is 1. The van der Waals surface area contributed by atoms with E-state index >= 15 is 0 Å². The first-order chi connectivity index (χ1) is 9.24. The zero-order chi connectivity index (χ0) is 13.2. The predicted molar refractivity (Wildman–Crippen MR) is 80.4 cm³/mol. The highest BCUT2D eigenvalue weighted by molar-refractivity contribution is 9.10. The molecule has 0 radical (unpaired) electrons. The molecule has 0 amide bonds. The number of anilines is 1. The van der Waals surface area contributed by atoms with Gasteiger partial charge in [0.05, 0.1) is 11.2 Å². The van der Waals surface area contributed by atoms with Crippen molar-refractivity contribution < 1.29 is 4.74 Å². The maximum atomic E-state index is 5.92. The molecule has 3 rings (SSSR count). The SMILES string of the molecule is Nc1ccc(Br)cc1Oc1cccc2ncccc12. The lowest BCUT2D eigenvalue weighted by atomic mass is 10.2. The number of halogens is 1. The minimum absolute atomic E-state index is 0.601. The summed E-state index contributed by atoms with van der Waals surface area (Å²) in [7, 11) is 0. The Morgan fingerprint density at radius 2 is 1.89 bits per heavy atom. The summed E-state index contributed by atoms with van der Waals surface area (Å²) < 4.78 is 6.83. The van der Waals surface area contributed by atoms with Gasteiger partial charge in [0, 0.05) is 16.1 Å². The number of aromatic nitrogens is 1. The third kappa shape index (κ3) is 2.39. The first-order valence-corrected chi connectivity index (χ1v) is 6.60. The molecular weight excluding hydrogens is 304 g/mol. The Kier molecular flexibility index (Phi) is 3.09. The van der Waals surface area contributed by atoms with Crippen LogP contribution in [0.4, 0.5) is 5.69 Å². The minimum Gasteiger partial charge on any atom is -0.454 e. The second-order valence-electron chi connectivity index (χ2n) is 4.11. The average molecular weight is 315 g/mol. The normalized spacial score (nSPS) is 10.6. The van der Waals surface area contributed by atoms with E-state index in [1.54, 1.807) is 6.20 Å². The highest BCUT2D eigenvalue weighted by Crippen LogP contribution is 2.33. The van der Waals surface area contributed by atoms with Crippen molar-refractivity contribution in [2.75, 3.05) is 5.73 Å². The van der Waals surface area contributed by atoms with E-state index < -0.39 is 0 Å². The first-order valence-electron chi connectivity index (χ1n) is 5.81. The van der Waals surface area contributed by atoms with Gasteiger partial charge in [0.2, 0.25) is 0 Å². The second-order valence-corrected chi connectivity index (χ2v) is 5.03. The van der Waals surface area contributed by atoms with Crippen LogP contribution in [0.25, 0.3) is 10.9 Å². The monoisotopic (exact) mass is 314 g/mol.